The summed E-state index contributed by atoms with van der Waals surface area (Å²) >= 11 is 0. The first kappa shape index (κ1) is 31.9. The third kappa shape index (κ3) is 6.22. The van der Waals surface area contributed by atoms with Crippen molar-refractivity contribution in [2.75, 3.05) is 34.9 Å². The molecule has 0 amide bonds. The number of aliphatic hydroxyl groups excluding tert-OH is 1. The second kappa shape index (κ2) is 13.4. The van der Waals surface area contributed by atoms with Crippen LogP contribution in [-0.4, -0.2) is 82.5 Å². The number of ether oxygens (including phenoxy) is 4. The maximum Gasteiger partial charge on any atom is 0.348 e. The molecule has 12 nitrogen and oxygen atoms in total. The van der Waals surface area contributed by atoms with Crippen molar-refractivity contribution in [2.45, 2.75) is 37.4 Å². The smallest absolute Gasteiger partial charge is 0.348 e. The van der Waals surface area contributed by atoms with Gasteiger partial charge in [-0.05, 0) is 47.9 Å². The van der Waals surface area contributed by atoms with Gasteiger partial charge >= 0.3 is 5.69 Å². The minimum atomic E-state index is -1.07. The highest BCUT2D eigenvalue weighted by Gasteiger charge is 2.42. The summed E-state index contributed by atoms with van der Waals surface area (Å²) in [5.74, 6) is 2.42. The molecule has 0 saturated carbocycles. The summed E-state index contributed by atoms with van der Waals surface area (Å²) < 4.78 is 25.9. The average molecular weight is 639 g/mol. The first-order chi connectivity index (χ1) is 22.7. The van der Waals surface area contributed by atoms with E-state index in [-0.39, 0.29) is 13.0 Å². The van der Waals surface area contributed by atoms with E-state index in [2.05, 4.69) is 19.9 Å². The number of hydrogen-bond donors (Lipinski definition) is 2. The predicted molar refractivity (Wildman–Crippen MR) is 177 cm³/mol. The summed E-state index contributed by atoms with van der Waals surface area (Å²) in [6.45, 7) is 1.87. The van der Waals surface area contributed by atoms with Gasteiger partial charge in [0.05, 0.1) is 33.3 Å². The molecule has 6 rings (SSSR count). The normalized spacial score (nSPS) is 18.4. The Morgan fingerprint density at radius 1 is 1.00 bits per heavy atom. The van der Waals surface area contributed by atoms with E-state index in [1.54, 1.807) is 25.1 Å². The second-order valence-electron chi connectivity index (χ2n) is 11.5. The molecule has 1 saturated heterocycles. The van der Waals surface area contributed by atoms with Crippen molar-refractivity contribution >= 4 is 22.8 Å². The molecule has 3 atom stereocenters. The highest BCUT2D eigenvalue weighted by molar-refractivity contribution is 5.88. The van der Waals surface area contributed by atoms with Crippen molar-refractivity contribution in [3.8, 4) is 11.5 Å². The van der Waals surface area contributed by atoms with E-state index in [0.717, 1.165) is 16.7 Å². The Bertz CT molecular complexity index is 1860. The number of H-pyrrole nitrogens is 1. The first-order valence-electron chi connectivity index (χ1n) is 15.2. The van der Waals surface area contributed by atoms with Crippen LogP contribution >= 0.6 is 0 Å². The topological polar surface area (TPSA) is 136 Å². The molecule has 2 aromatic heterocycles. The number of aromatic nitrogens is 4. The minimum absolute atomic E-state index is 0.0445. The van der Waals surface area contributed by atoms with Gasteiger partial charge < -0.3 is 29.0 Å². The fraction of sp³-hybridized carbons (Fsp3) is 0.314. The first-order valence-corrected chi connectivity index (χ1v) is 15.2. The zero-order valence-corrected chi connectivity index (χ0v) is 27.0. The van der Waals surface area contributed by atoms with Crippen LogP contribution in [0.1, 0.15) is 36.3 Å². The number of aliphatic hydroxyl groups is 1. The maximum atomic E-state index is 12.5. The Kier molecular flexibility index (Phi) is 9.08. The molecule has 12 heteroatoms. The number of fused-ring (bicyclic) bond motifs is 1. The number of methoxy groups -OCH3 is 2. The number of hydrogen-bond acceptors (Lipinski definition) is 9. The van der Waals surface area contributed by atoms with Crippen LogP contribution < -0.4 is 15.2 Å². The Morgan fingerprint density at radius 3 is 2.17 bits per heavy atom. The van der Waals surface area contributed by atoms with Crippen LogP contribution in [0.15, 0.2) is 95.0 Å². The van der Waals surface area contributed by atoms with Crippen molar-refractivity contribution in [2.24, 2.45) is 4.99 Å². The number of nitrogens with one attached hydrogen (secondary N) is 1. The average Bonchev–Trinajstić information content (AvgIpc) is 3.68. The van der Waals surface area contributed by atoms with Gasteiger partial charge in [0.25, 0.3) is 0 Å². The Hall–Kier alpha value is -5.04. The number of amidine groups is 1. The maximum absolute atomic E-state index is 12.5. The monoisotopic (exact) mass is 638 g/mol. The van der Waals surface area contributed by atoms with Gasteiger partial charge in [0, 0.05) is 20.5 Å². The third-order valence-corrected chi connectivity index (χ3v) is 8.50. The van der Waals surface area contributed by atoms with Crippen LogP contribution in [0, 0.1) is 0 Å². The lowest BCUT2D eigenvalue weighted by molar-refractivity contribution is -0.0931. The van der Waals surface area contributed by atoms with Gasteiger partial charge in [-0.1, -0.05) is 54.6 Å². The van der Waals surface area contributed by atoms with Crippen LogP contribution in [0.3, 0.4) is 0 Å². The lowest BCUT2D eigenvalue weighted by Crippen LogP contribution is -2.38. The molecular formula is C35H38N6O6. The van der Waals surface area contributed by atoms with Crippen LogP contribution in [0.4, 0.5) is 5.82 Å². The highest BCUT2D eigenvalue weighted by atomic mass is 16.6. The molecule has 0 aliphatic carbocycles. The zero-order valence-electron chi connectivity index (χ0n) is 27.0. The summed E-state index contributed by atoms with van der Waals surface area (Å²) in [5.41, 5.74) is 1.72. The molecule has 0 spiro atoms. The lowest BCUT2D eigenvalue weighted by Gasteiger charge is -2.37. The van der Waals surface area contributed by atoms with Crippen molar-refractivity contribution < 1.29 is 24.1 Å². The molecule has 0 radical (unpaired) electrons. The SMILES string of the molecule is COc1ccc(C(OC[C@H]2O[C@@H](n3cnc4c(N=C(C)N(C)C)[nH]c(=O)nc43)C[C@@H]2O)(c2ccccc2)c2ccc(OC)cc2)cc1. The minimum Gasteiger partial charge on any atom is -0.497 e. The fourth-order valence-corrected chi connectivity index (χ4v) is 5.79. The van der Waals surface area contributed by atoms with Crippen molar-refractivity contribution in [3.05, 3.63) is 112 Å². The zero-order chi connectivity index (χ0) is 33.1. The largest absolute Gasteiger partial charge is 0.497 e. The van der Waals surface area contributed by atoms with E-state index in [1.807, 2.05) is 105 Å². The molecule has 1 fully saturated rings. The molecule has 3 heterocycles. The third-order valence-electron chi connectivity index (χ3n) is 8.50. The molecule has 0 unspecified atom stereocenters. The molecule has 3 aromatic carbocycles. The molecule has 0 bridgehead atoms. The van der Waals surface area contributed by atoms with Crippen LogP contribution in [-0.2, 0) is 15.1 Å². The van der Waals surface area contributed by atoms with E-state index in [0.29, 0.717) is 34.3 Å². The van der Waals surface area contributed by atoms with E-state index in [1.165, 1.54) is 0 Å². The number of nitrogens with zero attached hydrogens (tertiary/aromatic N) is 5. The Morgan fingerprint density at radius 2 is 1.60 bits per heavy atom. The van der Waals surface area contributed by atoms with Crippen LogP contribution in [0.25, 0.3) is 11.2 Å². The van der Waals surface area contributed by atoms with E-state index in [9.17, 15) is 9.90 Å². The molecule has 1 aliphatic rings. The number of benzene rings is 3. The predicted octanol–water partition coefficient (Wildman–Crippen LogP) is 4.41. The van der Waals surface area contributed by atoms with Crippen molar-refractivity contribution in [1.29, 1.82) is 0 Å². The summed E-state index contributed by atoms with van der Waals surface area (Å²) in [6, 6.07) is 25.4. The number of aromatic amines is 1. The Labute approximate surface area is 272 Å². The number of imidazole rings is 1. The summed E-state index contributed by atoms with van der Waals surface area (Å²) in [6.07, 6.45) is -0.413. The number of aliphatic imine (C=N–C) groups is 1. The molecule has 2 N–H and O–H groups in total. The van der Waals surface area contributed by atoms with Gasteiger partial charge in [-0.25, -0.2) is 14.8 Å². The molecule has 1 aliphatic heterocycles. The fourth-order valence-electron chi connectivity index (χ4n) is 5.79. The molecule has 5 aromatic rings. The summed E-state index contributed by atoms with van der Waals surface area (Å²) in [4.78, 5) is 30.2. The second-order valence-corrected chi connectivity index (χ2v) is 11.5. The van der Waals surface area contributed by atoms with Crippen LogP contribution in [0.5, 0.6) is 11.5 Å². The van der Waals surface area contributed by atoms with Gasteiger partial charge in [-0.15, -0.1) is 0 Å². The standard InChI is InChI=1S/C35H38N6O6/c1-22(40(2)3)37-32-31-33(39-34(43)38-32)41(21-36-31)30-19-28(42)29(47-30)20-46-35(23-9-7-6-8-10-23,24-11-15-26(44-4)16-12-24)25-13-17-27(45-5)18-14-25/h6-18,21,28-30,42H,19-20H2,1-5H3,(H,38,39,43)/t28-,29+,30+/m0/s1. The van der Waals surface area contributed by atoms with Gasteiger partial charge in [0.2, 0.25) is 0 Å². The molecular weight excluding hydrogens is 600 g/mol. The number of rotatable bonds is 10. The molecule has 47 heavy (non-hydrogen) atoms. The van der Waals surface area contributed by atoms with E-state index >= 15 is 0 Å². The quantitative estimate of drug-likeness (QED) is 0.130. The van der Waals surface area contributed by atoms with E-state index < -0.39 is 29.7 Å². The van der Waals surface area contributed by atoms with Gasteiger partial charge in [0.15, 0.2) is 17.0 Å². The highest BCUT2D eigenvalue weighted by Crippen LogP contribution is 2.43. The lowest BCUT2D eigenvalue weighted by atomic mass is 9.80. The van der Waals surface area contributed by atoms with Gasteiger partial charge in [-0.2, -0.15) is 4.98 Å². The van der Waals surface area contributed by atoms with Crippen molar-refractivity contribution in [3.63, 3.8) is 0 Å². The van der Waals surface area contributed by atoms with E-state index in [4.69, 9.17) is 18.9 Å². The Balaban J connectivity index is 1.35. The molecule has 244 valence electrons. The van der Waals surface area contributed by atoms with Gasteiger partial charge in [-0.3, -0.25) is 9.55 Å². The van der Waals surface area contributed by atoms with Gasteiger partial charge in [0.1, 0.15) is 35.3 Å². The summed E-state index contributed by atoms with van der Waals surface area (Å²) in [7, 11) is 6.98. The summed E-state index contributed by atoms with van der Waals surface area (Å²) in [5, 5.41) is 11.3. The van der Waals surface area contributed by atoms with Crippen LogP contribution in [0.2, 0.25) is 0 Å². The van der Waals surface area contributed by atoms with Crippen molar-refractivity contribution in [1.82, 2.24) is 24.4 Å².